The SMILES string of the molecule is CCOC(=O)[C@@](CCC(=O)O)(NC(=O)OC(C)(C)C)C(=O)C(C)C. The van der Waals surface area contributed by atoms with E-state index < -0.39 is 53.7 Å². The van der Waals surface area contributed by atoms with Crippen molar-refractivity contribution in [2.75, 3.05) is 6.61 Å². The zero-order valence-corrected chi connectivity index (χ0v) is 15.1. The number of hydrogen-bond acceptors (Lipinski definition) is 6. The number of carbonyl (C=O) groups is 4. The van der Waals surface area contributed by atoms with Gasteiger partial charge in [0, 0.05) is 12.3 Å². The highest BCUT2D eigenvalue weighted by molar-refractivity contribution is 6.11. The number of carbonyl (C=O) groups excluding carboxylic acids is 3. The van der Waals surface area contributed by atoms with Gasteiger partial charge in [0.15, 0.2) is 5.78 Å². The van der Waals surface area contributed by atoms with Gasteiger partial charge in [0.25, 0.3) is 0 Å². The number of aliphatic carboxylic acids is 1. The van der Waals surface area contributed by atoms with Crippen molar-refractivity contribution in [3.05, 3.63) is 0 Å². The van der Waals surface area contributed by atoms with Crippen LogP contribution in [0.15, 0.2) is 0 Å². The maximum atomic E-state index is 12.6. The zero-order valence-electron chi connectivity index (χ0n) is 15.1. The molecular weight excluding hydrogens is 318 g/mol. The summed E-state index contributed by atoms with van der Waals surface area (Å²) in [6.07, 6.45) is -1.90. The van der Waals surface area contributed by atoms with Crippen molar-refractivity contribution in [3.8, 4) is 0 Å². The minimum Gasteiger partial charge on any atom is -0.481 e. The molecular formula is C16H27NO7. The van der Waals surface area contributed by atoms with Crippen molar-refractivity contribution >= 4 is 23.8 Å². The number of ether oxygens (including phenoxy) is 2. The van der Waals surface area contributed by atoms with Crippen LogP contribution in [-0.2, 0) is 23.9 Å². The van der Waals surface area contributed by atoms with Crippen LogP contribution in [0.5, 0.6) is 0 Å². The molecule has 0 spiro atoms. The fraction of sp³-hybridized carbons (Fsp3) is 0.750. The Morgan fingerprint density at radius 2 is 1.67 bits per heavy atom. The van der Waals surface area contributed by atoms with Crippen LogP contribution in [0.1, 0.15) is 54.4 Å². The minimum absolute atomic E-state index is 0.0188. The number of carboxylic acids is 1. The number of hydrogen-bond donors (Lipinski definition) is 2. The van der Waals surface area contributed by atoms with Gasteiger partial charge in [-0.05, 0) is 34.1 Å². The second-order valence-electron chi connectivity index (χ2n) is 6.67. The molecule has 0 aliphatic heterocycles. The molecule has 0 rings (SSSR count). The first-order chi connectivity index (χ1) is 10.9. The number of alkyl carbamates (subject to hydrolysis) is 1. The van der Waals surface area contributed by atoms with Crippen LogP contribution in [0.4, 0.5) is 4.79 Å². The van der Waals surface area contributed by atoms with E-state index >= 15 is 0 Å². The molecule has 1 atom stereocenters. The van der Waals surface area contributed by atoms with Gasteiger partial charge < -0.3 is 14.6 Å². The number of nitrogens with one attached hydrogen (secondary N) is 1. The minimum atomic E-state index is -2.09. The zero-order chi connectivity index (χ0) is 19.1. The van der Waals surface area contributed by atoms with E-state index in [1.165, 1.54) is 0 Å². The quantitative estimate of drug-likeness (QED) is 0.509. The molecule has 0 heterocycles. The second-order valence-corrected chi connectivity index (χ2v) is 6.67. The molecule has 0 aromatic carbocycles. The molecule has 0 aromatic rings. The molecule has 0 aromatic heterocycles. The Hall–Kier alpha value is -2.12. The van der Waals surface area contributed by atoms with E-state index in [1.54, 1.807) is 41.5 Å². The highest BCUT2D eigenvalue weighted by Crippen LogP contribution is 2.23. The maximum absolute atomic E-state index is 12.6. The molecule has 0 aliphatic rings. The van der Waals surface area contributed by atoms with Gasteiger partial charge >= 0.3 is 18.0 Å². The van der Waals surface area contributed by atoms with E-state index in [1.807, 2.05) is 0 Å². The van der Waals surface area contributed by atoms with E-state index in [4.69, 9.17) is 14.6 Å². The number of Topliss-reactive ketones (excluding diaryl/α,β-unsaturated/α-hetero) is 1. The van der Waals surface area contributed by atoms with Gasteiger partial charge in [-0.3, -0.25) is 14.9 Å². The van der Waals surface area contributed by atoms with Crippen molar-refractivity contribution in [2.24, 2.45) is 5.92 Å². The molecule has 0 saturated carbocycles. The molecule has 8 heteroatoms. The third-order valence-electron chi connectivity index (χ3n) is 3.00. The van der Waals surface area contributed by atoms with Crippen LogP contribution in [0.2, 0.25) is 0 Å². The first kappa shape index (κ1) is 21.9. The van der Waals surface area contributed by atoms with Crippen molar-refractivity contribution in [1.29, 1.82) is 0 Å². The molecule has 1 amide bonds. The Morgan fingerprint density at radius 1 is 1.12 bits per heavy atom. The van der Waals surface area contributed by atoms with Crippen LogP contribution < -0.4 is 5.32 Å². The Bertz CT molecular complexity index is 493. The maximum Gasteiger partial charge on any atom is 0.408 e. The summed E-state index contributed by atoms with van der Waals surface area (Å²) in [4.78, 5) is 48.1. The summed E-state index contributed by atoms with van der Waals surface area (Å²) < 4.78 is 10.0. The highest BCUT2D eigenvalue weighted by atomic mass is 16.6. The number of esters is 1. The molecule has 24 heavy (non-hydrogen) atoms. The second kappa shape index (κ2) is 8.65. The fourth-order valence-electron chi connectivity index (χ4n) is 2.02. The molecule has 0 unspecified atom stereocenters. The fourth-order valence-corrected chi connectivity index (χ4v) is 2.02. The van der Waals surface area contributed by atoms with E-state index in [-0.39, 0.29) is 6.61 Å². The molecule has 0 bridgehead atoms. The summed E-state index contributed by atoms with van der Waals surface area (Å²) in [7, 11) is 0. The van der Waals surface area contributed by atoms with Crippen LogP contribution in [-0.4, -0.2) is 46.7 Å². The average molecular weight is 345 g/mol. The predicted molar refractivity (Wildman–Crippen MR) is 85.4 cm³/mol. The Morgan fingerprint density at radius 3 is 2.04 bits per heavy atom. The lowest BCUT2D eigenvalue weighted by atomic mass is 9.83. The number of rotatable bonds is 8. The normalized spacial score (nSPS) is 13.8. The predicted octanol–water partition coefficient (Wildman–Crippen LogP) is 1.90. The first-order valence-corrected chi connectivity index (χ1v) is 7.80. The number of ketones is 1. The molecule has 0 aliphatic carbocycles. The summed E-state index contributed by atoms with van der Waals surface area (Å²) >= 11 is 0. The Labute approximate surface area is 141 Å². The van der Waals surface area contributed by atoms with Crippen LogP contribution >= 0.6 is 0 Å². The first-order valence-electron chi connectivity index (χ1n) is 7.80. The standard InChI is InChI=1S/C16H27NO7/c1-7-23-13(21)16(9-8-11(18)19,12(20)10(2)3)17-14(22)24-15(4,5)6/h10H,7-9H2,1-6H3,(H,17,22)(H,18,19)/t16-/m0/s1. The van der Waals surface area contributed by atoms with E-state index in [0.29, 0.717) is 0 Å². The van der Waals surface area contributed by atoms with E-state index in [9.17, 15) is 19.2 Å². The lowest BCUT2D eigenvalue weighted by molar-refractivity contribution is -0.157. The van der Waals surface area contributed by atoms with Gasteiger partial charge in [0.2, 0.25) is 5.54 Å². The van der Waals surface area contributed by atoms with E-state index in [2.05, 4.69) is 5.32 Å². The van der Waals surface area contributed by atoms with Gasteiger partial charge in [0.05, 0.1) is 6.61 Å². The Balaban J connectivity index is 5.78. The smallest absolute Gasteiger partial charge is 0.408 e. The van der Waals surface area contributed by atoms with Gasteiger partial charge in [0.1, 0.15) is 5.60 Å². The summed E-state index contributed by atoms with van der Waals surface area (Å²) in [6.45, 7) is 9.50. The molecule has 0 fully saturated rings. The summed E-state index contributed by atoms with van der Waals surface area (Å²) in [5, 5.41) is 11.2. The molecule has 8 nitrogen and oxygen atoms in total. The van der Waals surface area contributed by atoms with E-state index in [0.717, 1.165) is 0 Å². The van der Waals surface area contributed by atoms with Crippen molar-refractivity contribution in [1.82, 2.24) is 5.32 Å². The number of carboxylic acid groups (broad SMARTS) is 1. The lowest BCUT2D eigenvalue weighted by Gasteiger charge is -2.33. The molecule has 2 N–H and O–H groups in total. The molecule has 138 valence electrons. The summed E-state index contributed by atoms with van der Waals surface area (Å²) in [5.74, 6) is -3.45. The van der Waals surface area contributed by atoms with Crippen molar-refractivity contribution in [3.63, 3.8) is 0 Å². The highest BCUT2D eigenvalue weighted by Gasteiger charge is 2.50. The van der Waals surface area contributed by atoms with Crippen LogP contribution in [0.25, 0.3) is 0 Å². The molecule has 0 radical (unpaired) electrons. The third kappa shape index (κ3) is 6.55. The largest absolute Gasteiger partial charge is 0.481 e. The van der Waals surface area contributed by atoms with Crippen molar-refractivity contribution in [2.45, 2.75) is 65.5 Å². The van der Waals surface area contributed by atoms with Crippen molar-refractivity contribution < 1.29 is 33.8 Å². The van der Waals surface area contributed by atoms with Gasteiger partial charge in [-0.25, -0.2) is 9.59 Å². The molecule has 0 saturated heterocycles. The topological polar surface area (TPSA) is 119 Å². The van der Waals surface area contributed by atoms with Gasteiger partial charge in [-0.1, -0.05) is 13.8 Å². The lowest BCUT2D eigenvalue weighted by Crippen LogP contribution is -2.62. The van der Waals surface area contributed by atoms with Gasteiger partial charge in [-0.2, -0.15) is 0 Å². The summed E-state index contributed by atoms with van der Waals surface area (Å²) in [5.41, 5.74) is -2.94. The monoisotopic (exact) mass is 345 g/mol. The third-order valence-corrected chi connectivity index (χ3v) is 3.00. The van der Waals surface area contributed by atoms with Crippen LogP contribution in [0, 0.1) is 5.92 Å². The average Bonchev–Trinajstić information content (AvgIpc) is 2.40. The number of amides is 1. The van der Waals surface area contributed by atoms with Crippen LogP contribution in [0.3, 0.4) is 0 Å². The Kier molecular flexibility index (Phi) is 7.89. The van der Waals surface area contributed by atoms with Gasteiger partial charge in [-0.15, -0.1) is 0 Å². The summed E-state index contributed by atoms with van der Waals surface area (Å²) in [6, 6.07) is 0.